The van der Waals surface area contributed by atoms with Crippen LogP contribution in [0.25, 0.3) is 0 Å². The fourth-order valence-electron chi connectivity index (χ4n) is 1.81. The number of aryl methyl sites for hydroxylation is 1. The van der Waals surface area contributed by atoms with Crippen molar-refractivity contribution in [2.75, 3.05) is 12.5 Å². The summed E-state index contributed by atoms with van der Waals surface area (Å²) in [6.45, 7) is 0.605. The number of nitrogens with zero attached hydrogens (tertiary/aromatic N) is 2. The number of para-hydroxylation sites is 1. The normalized spacial score (nSPS) is 9.90. The third kappa shape index (κ3) is 4.04. The zero-order chi connectivity index (χ0) is 14.2. The van der Waals surface area contributed by atoms with E-state index in [9.17, 15) is 0 Å². The first-order chi connectivity index (χ1) is 9.81. The number of hydrogen-bond acceptors (Lipinski definition) is 2. The molecule has 3 nitrogen and oxygen atoms in total. The average molecular weight is 289 g/mol. The number of halogens is 1. The lowest BCUT2D eigenvalue weighted by Gasteiger charge is -2.08. The van der Waals surface area contributed by atoms with Gasteiger partial charge in [0.25, 0.3) is 0 Å². The Balaban J connectivity index is 1.96. The van der Waals surface area contributed by atoms with Crippen LogP contribution in [0.15, 0.2) is 36.5 Å². The highest BCUT2D eigenvalue weighted by molar-refractivity contribution is 6.18. The van der Waals surface area contributed by atoms with Crippen molar-refractivity contribution in [3.8, 4) is 17.6 Å². The monoisotopic (exact) mass is 288 g/mol. The zero-order valence-electron chi connectivity index (χ0n) is 11.5. The third-order valence-corrected chi connectivity index (χ3v) is 3.06. The van der Waals surface area contributed by atoms with E-state index in [1.54, 1.807) is 6.20 Å². The van der Waals surface area contributed by atoms with E-state index in [2.05, 4.69) is 16.9 Å². The molecule has 4 heteroatoms. The molecule has 0 N–H and O–H groups in total. The first-order valence-electron chi connectivity index (χ1n) is 6.55. The number of alkyl halides is 1. The molecule has 0 atom stereocenters. The molecule has 0 aliphatic rings. The second kappa shape index (κ2) is 7.62. The van der Waals surface area contributed by atoms with Crippen LogP contribution in [0.3, 0.4) is 0 Å². The largest absolute Gasteiger partial charge is 0.492 e. The Hall–Kier alpha value is -1.92. The molecule has 0 amide bonds. The lowest BCUT2D eigenvalue weighted by molar-refractivity contribution is 0.317. The standard InChI is InChI=1S/C16H17ClN2O/c1-19-15(9-12-18-19)10-13-20-16-8-3-2-6-14(16)7-4-5-11-17/h2-3,6,8-9,12H,5,10-11,13H2,1H3. The van der Waals surface area contributed by atoms with Crippen molar-refractivity contribution in [3.63, 3.8) is 0 Å². The maximum atomic E-state index is 5.82. The minimum atomic E-state index is 0.552. The lowest BCUT2D eigenvalue weighted by atomic mass is 10.2. The van der Waals surface area contributed by atoms with E-state index in [0.717, 1.165) is 23.4 Å². The van der Waals surface area contributed by atoms with Crippen LogP contribution in [-0.4, -0.2) is 22.3 Å². The second-order valence-corrected chi connectivity index (χ2v) is 4.66. The van der Waals surface area contributed by atoms with E-state index in [1.807, 2.05) is 42.1 Å². The van der Waals surface area contributed by atoms with Crippen LogP contribution < -0.4 is 4.74 Å². The van der Waals surface area contributed by atoms with Crippen molar-refractivity contribution < 1.29 is 4.74 Å². The van der Waals surface area contributed by atoms with Crippen molar-refractivity contribution in [1.29, 1.82) is 0 Å². The van der Waals surface area contributed by atoms with Crippen LogP contribution in [0.5, 0.6) is 5.75 Å². The van der Waals surface area contributed by atoms with E-state index < -0.39 is 0 Å². The fourth-order valence-corrected chi connectivity index (χ4v) is 1.91. The van der Waals surface area contributed by atoms with E-state index in [4.69, 9.17) is 16.3 Å². The molecule has 0 radical (unpaired) electrons. The van der Waals surface area contributed by atoms with E-state index >= 15 is 0 Å². The van der Waals surface area contributed by atoms with Gasteiger partial charge >= 0.3 is 0 Å². The molecular weight excluding hydrogens is 272 g/mol. The minimum Gasteiger partial charge on any atom is -0.492 e. The van der Waals surface area contributed by atoms with Gasteiger partial charge in [-0.1, -0.05) is 24.0 Å². The van der Waals surface area contributed by atoms with Crippen LogP contribution in [0, 0.1) is 11.8 Å². The van der Waals surface area contributed by atoms with Gasteiger partial charge in [-0.2, -0.15) is 5.10 Å². The summed E-state index contributed by atoms with van der Waals surface area (Å²) in [6.07, 6.45) is 3.30. The minimum absolute atomic E-state index is 0.552. The van der Waals surface area contributed by atoms with Gasteiger partial charge < -0.3 is 4.74 Å². The summed E-state index contributed by atoms with van der Waals surface area (Å²) < 4.78 is 7.68. The first-order valence-corrected chi connectivity index (χ1v) is 7.08. The summed E-state index contributed by atoms with van der Waals surface area (Å²) in [7, 11) is 1.93. The molecular formula is C16H17ClN2O. The topological polar surface area (TPSA) is 27.1 Å². The van der Waals surface area contributed by atoms with Gasteiger partial charge in [-0.3, -0.25) is 4.68 Å². The molecule has 1 aromatic heterocycles. The Morgan fingerprint density at radius 2 is 2.15 bits per heavy atom. The van der Waals surface area contributed by atoms with Crippen molar-refractivity contribution in [2.24, 2.45) is 7.05 Å². The molecule has 0 aliphatic heterocycles. The van der Waals surface area contributed by atoms with Crippen LogP contribution in [0.4, 0.5) is 0 Å². The van der Waals surface area contributed by atoms with E-state index in [1.165, 1.54) is 0 Å². The van der Waals surface area contributed by atoms with Crippen molar-refractivity contribution in [3.05, 3.63) is 47.8 Å². The number of ether oxygens (including phenoxy) is 1. The van der Waals surface area contributed by atoms with Crippen LogP contribution in [0.1, 0.15) is 17.7 Å². The molecule has 0 fully saturated rings. The highest BCUT2D eigenvalue weighted by atomic mass is 35.5. The molecule has 0 saturated carbocycles. The quantitative estimate of drug-likeness (QED) is 0.625. The maximum absolute atomic E-state index is 5.82. The van der Waals surface area contributed by atoms with Gasteiger partial charge in [0.15, 0.2) is 0 Å². The molecule has 2 aromatic rings. The predicted octanol–water partition coefficient (Wildman–Crippen LogP) is 3.02. The Morgan fingerprint density at radius 3 is 2.90 bits per heavy atom. The fraction of sp³-hybridized carbons (Fsp3) is 0.312. The van der Waals surface area contributed by atoms with Gasteiger partial charge in [0.2, 0.25) is 0 Å². The van der Waals surface area contributed by atoms with Crippen molar-refractivity contribution in [2.45, 2.75) is 12.8 Å². The summed E-state index contributed by atoms with van der Waals surface area (Å²) in [5, 5.41) is 4.14. The summed E-state index contributed by atoms with van der Waals surface area (Å²) in [5.74, 6) is 7.49. The summed E-state index contributed by atoms with van der Waals surface area (Å²) >= 11 is 5.62. The molecule has 104 valence electrons. The average Bonchev–Trinajstić information content (AvgIpc) is 2.86. The highest BCUT2D eigenvalue weighted by Gasteiger charge is 2.02. The predicted molar refractivity (Wildman–Crippen MR) is 81.1 cm³/mol. The van der Waals surface area contributed by atoms with E-state index in [-0.39, 0.29) is 0 Å². The Labute approximate surface area is 124 Å². The zero-order valence-corrected chi connectivity index (χ0v) is 12.2. The maximum Gasteiger partial charge on any atom is 0.134 e. The molecule has 0 aliphatic carbocycles. The summed E-state index contributed by atoms with van der Waals surface area (Å²) in [4.78, 5) is 0. The lowest BCUT2D eigenvalue weighted by Crippen LogP contribution is -2.06. The molecule has 1 aromatic carbocycles. The highest BCUT2D eigenvalue weighted by Crippen LogP contribution is 2.17. The number of rotatable bonds is 5. The van der Waals surface area contributed by atoms with Gasteiger partial charge in [0.05, 0.1) is 12.2 Å². The van der Waals surface area contributed by atoms with Gasteiger partial charge in [0.1, 0.15) is 5.75 Å². The third-order valence-electron chi connectivity index (χ3n) is 2.87. The van der Waals surface area contributed by atoms with Crippen LogP contribution in [-0.2, 0) is 13.5 Å². The van der Waals surface area contributed by atoms with E-state index in [0.29, 0.717) is 18.9 Å². The van der Waals surface area contributed by atoms with Gasteiger partial charge in [-0.05, 0) is 18.2 Å². The van der Waals surface area contributed by atoms with Crippen molar-refractivity contribution in [1.82, 2.24) is 9.78 Å². The Bertz CT molecular complexity index is 610. The molecule has 0 spiro atoms. The number of benzene rings is 1. The Kier molecular flexibility index (Phi) is 5.52. The Morgan fingerprint density at radius 1 is 1.30 bits per heavy atom. The number of hydrogen-bond donors (Lipinski definition) is 0. The van der Waals surface area contributed by atoms with Gasteiger partial charge in [0, 0.05) is 37.7 Å². The SMILES string of the molecule is Cn1nccc1CCOc1ccccc1C#CCCCl. The molecule has 0 unspecified atom stereocenters. The first kappa shape index (κ1) is 14.5. The molecule has 1 heterocycles. The van der Waals surface area contributed by atoms with Crippen LogP contribution >= 0.6 is 11.6 Å². The van der Waals surface area contributed by atoms with Gasteiger partial charge in [-0.25, -0.2) is 0 Å². The van der Waals surface area contributed by atoms with Crippen molar-refractivity contribution >= 4 is 11.6 Å². The van der Waals surface area contributed by atoms with Crippen LogP contribution in [0.2, 0.25) is 0 Å². The smallest absolute Gasteiger partial charge is 0.134 e. The second-order valence-electron chi connectivity index (χ2n) is 4.28. The molecule has 0 bridgehead atoms. The number of aromatic nitrogens is 2. The summed E-state index contributed by atoms with van der Waals surface area (Å²) in [5.41, 5.74) is 2.05. The molecule has 2 rings (SSSR count). The van der Waals surface area contributed by atoms with Gasteiger partial charge in [-0.15, -0.1) is 11.6 Å². The molecule has 20 heavy (non-hydrogen) atoms. The molecule has 0 saturated heterocycles. The summed E-state index contributed by atoms with van der Waals surface area (Å²) in [6, 6.07) is 9.80.